The van der Waals surface area contributed by atoms with Crippen molar-refractivity contribution in [3.8, 4) is 0 Å². The van der Waals surface area contributed by atoms with E-state index in [0.29, 0.717) is 0 Å². The van der Waals surface area contributed by atoms with Crippen LogP contribution >= 0.6 is 0 Å². The first-order valence-corrected chi connectivity index (χ1v) is 4.87. The average Bonchev–Trinajstić information content (AvgIpc) is 2.31. The van der Waals surface area contributed by atoms with E-state index in [1.54, 1.807) is 6.20 Å². The van der Waals surface area contributed by atoms with Crippen LogP contribution in [0, 0.1) is 0 Å². The lowest BCUT2D eigenvalue weighted by atomic mass is 10.1. The van der Waals surface area contributed by atoms with E-state index in [-0.39, 0.29) is 0 Å². The molecule has 1 heterocycles. The van der Waals surface area contributed by atoms with Gasteiger partial charge in [-0.1, -0.05) is 43.0 Å². The van der Waals surface area contributed by atoms with Crippen molar-refractivity contribution in [1.82, 2.24) is 10.2 Å². The molecule has 0 saturated carbocycles. The Labute approximate surface area is 89.3 Å². The average molecular weight is 196 g/mol. The number of benzene rings is 1. The number of hydrogen-bond acceptors (Lipinski definition) is 2. The van der Waals surface area contributed by atoms with Crippen LogP contribution in [0.1, 0.15) is 16.8 Å². The standard InChI is InChI=1S/C13H12N2/c1-2-12-8-9-14-15-13(12)10-11-6-4-3-5-7-11/h2-9H,1,10H2. The minimum atomic E-state index is 0.802. The second-order valence-electron chi connectivity index (χ2n) is 3.30. The Morgan fingerprint density at radius 1 is 1.13 bits per heavy atom. The molecule has 0 aliphatic carbocycles. The third-order valence-corrected chi connectivity index (χ3v) is 2.27. The lowest BCUT2D eigenvalue weighted by Gasteiger charge is -2.03. The van der Waals surface area contributed by atoms with Crippen molar-refractivity contribution in [2.75, 3.05) is 0 Å². The summed E-state index contributed by atoms with van der Waals surface area (Å²) in [6, 6.07) is 12.2. The topological polar surface area (TPSA) is 25.8 Å². The molecule has 0 aliphatic rings. The lowest BCUT2D eigenvalue weighted by molar-refractivity contribution is 0.932. The molecule has 0 atom stereocenters. The minimum Gasteiger partial charge on any atom is -0.159 e. The molecule has 0 spiro atoms. The molecule has 0 aliphatic heterocycles. The van der Waals surface area contributed by atoms with Gasteiger partial charge in [-0.05, 0) is 17.2 Å². The predicted molar refractivity (Wildman–Crippen MR) is 61.4 cm³/mol. The van der Waals surface area contributed by atoms with Gasteiger partial charge in [0.2, 0.25) is 0 Å². The third-order valence-electron chi connectivity index (χ3n) is 2.27. The van der Waals surface area contributed by atoms with Gasteiger partial charge in [-0.3, -0.25) is 0 Å². The fourth-order valence-electron chi connectivity index (χ4n) is 1.48. The second kappa shape index (κ2) is 4.51. The van der Waals surface area contributed by atoms with Gasteiger partial charge in [0.15, 0.2) is 0 Å². The Morgan fingerprint density at radius 2 is 1.93 bits per heavy atom. The zero-order chi connectivity index (χ0) is 10.5. The second-order valence-corrected chi connectivity index (χ2v) is 3.30. The molecule has 2 nitrogen and oxygen atoms in total. The highest BCUT2D eigenvalue weighted by atomic mass is 15.1. The molecule has 0 bridgehead atoms. The predicted octanol–water partition coefficient (Wildman–Crippen LogP) is 2.71. The van der Waals surface area contributed by atoms with Crippen LogP contribution in [0.15, 0.2) is 49.2 Å². The van der Waals surface area contributed by atoms with Gasteiger partial charge >= 0.3 is 0 Å². The maximum absolute atomic E-state index is 4.12. The van der Waals surface area contributed by atoms with E-state index in [0.717, 1.165) is 17.7 Å². The molecule has 0 amide bonds. The Balaban J connectivity index is 2.28. The summed E-state index contributed by atoms with van der Waals surface area (Å²) >= 11 is 0. The molecule has 0 N–H and O–H groups in total. The number of aromatic nitrogens is 2. The van der Waals surface area contributed by atoms with Crippen LogP contribution < -0.4 is 0 Å². The van der Waals surface area contributed by atoms with Crippen molar-refractivity contribution in [2.45, 2.75) is 6.42 Å². The van der Waals surface area contributed by atoms with E-state index in [1.807, 2.05) is 30.3 Å². The lowest BCUT2D eigenvalue weighted by Crippen LogP contribution is -1.97. The molecule has 0 radical (unpaired) electrons. The maximum Gasteiger partial charge on any atom is 0.0746 e. The van der Waals surface area contributed by atoms with E-state index in [4.69, 9.17) is 0 Å². The van der Waals surface area contributed by atoms with E-state index in [9.17, 15) is 0 Å². The minimum absolute atomic E-state index is 0.802. The summed E-state index contributed by atoms with van der Waals surface area (Å²) in [5, 5.41) is 8.02. The van der Waals surface area contributed by atoms with Crippen molar-refractivity contribution in [3.05, 3.63) is 66.0 Å². The van der Waals surface area contributed by atoms with Gasteiger partial charge < -0.3 is 0 Å². The van der Waals surface area contributed by atoms with Gasteiger partial charge in [-0.15, -0.1) is 0 Å². The first-order chi connectivity index (χ1) is 7.40. The molecule has 2 rings (SSSR count). The zero-order valence-electron chi connectivity index (χ0n) is 8.43. The molecule has 2 aromatic rings. The van der Waals surface area contributed by atoms with E-state index < -0.39 is 0 Å². The first-order valence-electron chi connectivity index (χ1n) is 4.87. The SMILES string of the molecule is C=Cc1ccnnc1Cc1ccccc1. The zero-order valence-corrected chi connectivity index (χ0v) is 8.43. The smallest absolute Gasteiger partial charge is 0.0746 e. The van der Waals surface area contributed by atoms with E-state index >= 15 is 0 Å². The third kappa shape index (κ3) is 2.29. The van der Waals surface area contributed by atoms with Crippen molar-refractivity contribution >= 4 is 6.08 Å². The van der Waals surface area contributed by atoms with E-state index in [2.05, 4.69) is 28.9 Å². The van der Waals surface area contributed by atoms with Crippen molar-refractivity contribution in [1.29, 1.82) is 0 Å². The number of nitrogens with zero attached hydrogens (tertiary/aromatic N) is 2. The Morgan fingerprint density at radius 3 is 2.67 bits per heavy atom. The summed E-state index contributed by atoms with van der Waals surface area (Å²) in [5.41, 5.74) is 3.26. The summed E-state index contributed by atoms with van der Waals surface area (Å²) in [6.07, 6.45) is 4.30. The normalized spacial score (nSPS) is 9.87. The summed E-state index contributed by atoms with van der Waals surface area (Å²) in [7, 11) is 0. The highest BCUT2D eigenvalue weighted by Gasteiger charge is 2.01. The van der Waals surface area contributed by atoms with Crippen molar-refractivity contribution in [2.24, 2.45) is 0 Å². The molecule has 2 heteroatoms. The molecular formula is C13H12N2. The van der Waals surface area contributed by atoms with Crippen molar-refractivity contribution < 1.29 is 0 Å². The summed E-state index contributed by atoms with van der Waals surface area (Å²) < 4.78 is 0. The summed E-state index contributed by atoms with van der Waals surface area (Å²) in [6.45, 7) is 3.77. The Bertz CT molecular complexity index is 449. The van der Waals surface area contributed by atoms with Crippen LogP contribution in [0.5, 0.6) is 0 Å². The van der Waals surface area contributed by atoms with E-state index in [1.165, 1.54) is 5.56 Å². The van der Waals surface area contributed by atoms with Crippen LogP contribution in [0.2, 0.25) is 0 Å². The largest absolute Gasteiger partial charge is 0.159 e. The Hall–Kier alpha value is -1.96. The van der Waals surface area contributed by atoms with Gasteiger partial charge in [0, 0.05) is 6.42 Å². The molecule has 1 aromatic heterocycles. The van der Waals surface area contributed by atoms with Crippen LogP contribution in [0.25, 0.3) is 6.08 Å². The molecule has 15 heavy (non-hydrogen) atoms. The monoisotopic (exact) mass is 196 g/mol. The first kappa shape index (κ1) is 9.59. The molecular weight excluding hydrogens is 184 g/mol. The molecule has 74 valence electrons. The number of hydrogen-bond donors (Lipinski definition) is 0. The molecule has 0 fully saturated rings. The van der Waals surface area contributed by atoms with Gasteiger partial charge in [-0.2, -0.15) is 10.2 Å². The fraction of sp³-hybridized carbons (Fsp3) is 0.0769. The van der Waals surface area contributed by atoms with Crippen LogP contribution in [-0.2, 0) is 6.42 Å². The van der Waals surface area contributed by atoms with Crippen LogP contribution in [0.4, 0.5) is 0 Å². The van der Waals surface area contributed by atoms with Crippen molar-refractivity contribution in [3.63, 3.8) is 0 Å². The molecule has 0 unspecified atom stereocenters. The van der Waals surface area contributed by atoms with Gasteiger partial charge in [0.25, 0.3) is 0 Å². The van der Waals surface area contributed by atoms with Gasteiger partial charge in [-0.25, -0.2) is 0 Å². The van der Waals surface area contributed by atoms with Crippen LogP contribution in [-0.4, -0.2) is 10.2 Å². The number of rotatable bonds is 3. The van der Waals surface area contributed by atoms with Gasteiger partial charge in [0.05, 0.1) is 11.9 Å². The van der Waals surface area contributed by atoms with Crippen LogP contribution in [0.3, 0.4) is 0 Å². The molecule has 1 aromatic carbocycles. The molecule has 0 saturated heterocycles. The highest BCUT2D eigenvalue weighted by molar-refractivity contribution is 5.49. The van der Waals surface area contributed by atoms with Gasteiger partial charge in [0.1, 0.15) is 0 Å². The fourth-order valence-corrected chi connectivity index (χ4v) is 1.48. The summed E-state index contributed by atoms with van der Waals surface area (Å²) in [4.78, 5) is 0. The summed E-state index contributed by atoms with van der Waals surface area (Å²) in [5.74, 6) is 0. The maximum atomic E-state index is 4.12. The Kier molecular flexibility index (Phi) is 2.88. The quantitative estimate of drug-likeness (QED) is 0.754. The highest BCUT2D eigenvalue weighted by Crippen LogP contribution is 2.11.